The number of thioether (sulfide) groups is 1. The van der Waals surface area contributed by atoms with Gasteiger partial charge in [-0.2, -0.15) is 4.68 Å². The molecule has 1 amide bonds. The molecule has 1 aromatic heterocycles. The number of tetrazole rings is 1. The lowest BCUT2D eigenvalue weighted by molar-refractivity contribution is -0.132. The van der Waals surface area contributed by atoms with Crippen molar-refractivity contribution in [1.29, 1.82) is 0 Å². The van der Waals surface area contributed by atoms with Crippen molar-refractivity contribution in [2.75, 3.05) is 12.3 Å². The number of benzene rings is 1. The van der Waals surface area contributed by atoms with E-state index in [2.05, 4.69) is 22.4 Å². The van der Waals surface area contributed by atoms with Crippen LogP contribution in [0.2, 0.25) is 0 Å². The van der Waals surface area contributed by atoms with E-state index in [1.807, 2.05) is 4.90 Å². The molecule has 128 valence electrons. The maximum absolute atomic E-state index is 12.5. The Hall–Kier alpha value is -2.09. The Kier molecular flexibility index (Phi) is 5.34. The fourth-order valence-corrected chi connectivity index (χ4v) is 3.76. The molecule has 0 aliphatic carbocycles. The fraction of sp³-hybridized carbons (Fsp3) is 0.500. The van der Waals surface area contributed by atoms with Crippen molar-refractivity contribution in [3.63, 3.8) is 0 Å². The van der Waals surface area contributed by atoms with E-state index in [1.165, 1.54) is 18.2 Å². The average Bonchev–Trinajstić information content (AvgIpc) is 3.08. The molecule has 7 nitrogen and oxygen atoms in total. The number of aromatic nitrogens is 4. The summed E-state index contributed by atoms with van der Waals surface area (Å²) in [5.74, 6) is 0.660. The summed E-state index contributed by atoms with van der Waals surface area (Å²) in [5, 5.41) is 21.6. The van der Waals surface area contributed by atoms with Crippen LogP contribution in [0.4, 0.5) is 0 Å². The SMILES string of the molecule is CCC1CCCCN1C(=O)CSc1nnnn1-c1ccc(O)cc1. The van der Waals surface area contributed by atoms with Crippen LogP contribution < -0.4 is 0 Å². The normalized spacial score (nSPS) is 17.9. The third kappa shape index (κ3) is 3.69. The minimum Gasteiger partial charge on any atom is -0.508 e. The predicted molar refractivity (Wildman–Crippen MR) is 91.2 cm³/mol. The van der Waals surface area contributed by atoms with E-state index in [0.29, 0.717) is 17.0 Å². The monoisotopic (exact) mass is 347 g/mol. The van der Waals surface area contributed by atoms with E-state index in [-0.39, 0.29) is 11.7 Å². The number of rotatable bonds is 5. The molecule has 24 heavy (non-hydrogen) atoms. The maximum atomic E-state index is 12.5. The van der Waals surface area contributed by atoms with Crippen molar-refractivity contribution in [2.24, 2.45) is 0 Å². The second-order valence-corrected chi connectivity index (χ2v) is 6.77. The Morgan fingerprint density at radius 1 is 1.33 bits per heavy atom. The highest BCUT2D eigenvalue weighted by molar-refractivity contribution is 7.99. The van der Waals surface area contributed by atoms with Gasteiger partial charge >= 0.3 is 0 Å². The van der Waals surface area contributed by atoms with E-state index < -0.39 is 0 Å². The summed E-state index contributed by atoms with van der Waals surface area (Å²) in [6.45, 7) is 2.98. The molecule has 0 radical (unpaired) electrons. The van der Waals surface area contributed by atoms with Crippen LogP contribution in [0.1, 0.15) is 32.6 Å². The third-order valence-corrected chi connectivity index (χ3v) is 5.18. The standard InChI is InChI=1S/C16H21N5O2S/c1-2-12-5-3-4-10-20(12)15(23)11-24-16-17-18-19-21(16)13-6-8-14(22)9-7-13/h6-9,12,22H,2-5,10-11H2,1H3. The topological polar surface area (TPSA) is 84.1 Å². The van der Waals surface area contributed by atoms with Gasteiger partial charge in [0.05, 0.1) is 11.4 Å². The molecule has 3 rings (SSSR count). The van der Waals surface area contributed by atoms with Gasteiger partial charge in [0.15, 0.2) is 0 Å². The lowest BCUT2D eigenvalue weighted by Gasteiger charge is -2.35. The van der Waals surface area contributed by atoms with Gasteiger partial charge in [0.1, 0.15) is 5.75 Å². The van der Waals surface area contributed by atoms with Crippen LogP contribution in [0.5, 0.6) is 5.75 Å². The van der Waals surface area contributed by atoms with E-state index in [4.69, 9.17) is 0 Å². The van der Waals surface area contributed by atoms with Crippen molar-refractivity contribution in [2.45, 2.75) is 43.8 Å². The van der Waals surface area contributed by atoms with Gasteiger partial charge < -0.3 is 10.0 Å². The van der Waals surface area contributed by atoms with E-state index >= 15 is 0 Å². The number of nitrogens with zero attached hydrogens (tertiary/aromatic N) is 5. The van der Waals surface area contributed by atoms with Gasteiger partial charge in [-0.05, 0) is 60.4 Å². The number of piperidine rings is 1. The van der Waals surface area contributed by atoms with E-state index in [9.17, 15) is 9.90 Å². The van der Waals surface area contributed by atoms with Gasteiger partial charge in [-0.3, -0.25) is 4.79 Å². The summed E-state index contributed by atoms with van der Waals surface area (Å²) in [4.78, 5) is 14.6. The number of carbonyl (C=O) groups is 1. The molecule has 2 aromatic rings. The minimum absolute atomic E-state index is 0.145. The van der Waals surface area contributed by atoms with Gasteiger partial charge in [0.25, 0.3) is 0 Å². The van der Waals surface area contributed by atoms with Crippen LogP contribution in [0.15, 0.2) is 29.4 Å². The smallest absolute Gasteiger partial charge is 0.233 e. The molecule has 1 aliphatic rings. The highest BCUT2D eigenvalue weighted by Gasteiger charge is 2.25. The molecule has 1 aliphatic heterocycles. The van der Waals surface area contributed by atoms with Gasteiger partial charge in [0.2, 0.25) is 11.1 Å². The third-order valence-electron chi connectivity index (χ3n) is 4.28. The Morgan fingerprint density at radius 2 is 2.12 bits per heavy atom. The molecule has 1 aromatic carbocycles. The molecule has 0 spiro atoms. The van der Waals surface area contributed by atoms with Crippen molar-refractivity contribution in [3.8, 4) is 11.4 Å². The van der Waals surface area contributed by atoms with Crippen molar-refractivity contribution in [3.05, 3.63) is 24.3 Å². The van der Waals surface area contributed by atoms with Crippen LogP contribution in [-0.2, 0) is 4.79 Å². The predicted octanol–water partition coefficient (Wildman–Crippen LogP) is 2.25. The highest BCUT2D eigenvalue weighted by Crippen LogP contribution is 2.23. The van der Waals surface area contributed by atoms with Gasteiger partial charge in [-0.25, -0.2) is 0 Å². The molecule has 1 unspecified atom stereocenters. The molecule has 1 atom stereocenters. The van der Waals surface area contributed by atoms with Crippen molar-refractivity contribution < 1.29 is 9.90 Å². The Balaban J connectivity index is 1.66. The average molecular weight is 347 g/mol. The maximum Gasteiger partial charge on any atom is 0.233 e. The zero-order valence-electron chi connectivity index (χ0n) is 13.6. The number of amides is 1. The lowest BCUT2D eigenvalue weighted by Crippen LogP contribution is -2.44. The number of phenols is 1. The molecule has 0 saturated carbocycles. The van der Waals surface area contributed by atoms with Crippen molar-refractivity contribution >= 4 is 17.7 Å². The van der Waals surface area contributed by atoms with Gasteiger partial charge in [-0.15, -0.1) is 5.10 Å². The van der Waals surface area contributed by atoms with Gasteiger partial charge in [0, 0.05) is 12.6 Å². The first-order valence-electron chi connectivity index (χ1n) is 8.19. The molecule has 8 heteroatoms. The van der Waals surface area contributed by atoms with Crippen LogP contribution in [0.25, 0.3) is 5.69 Å². The molecular weight excluding hydrogens is 326 g/mol. The van der Waals surface area contributed by atoms with Crippen LogP contribution in [0.3, 0.4) is 0 Å². The van der Waals surface area contributed by atoms with E-state index in [1.54, 1.807) is 28.9 Å². The molecule has 2 heterocycles. The molecule has 0 bridgehead atoms. The zero-order chi connectivity index (χ0) is 16.9. The molecule has 1 fully saturated rings. The summed E-state index contributed by atoms with van der Waals surface area (Å²) < 4.78 is 1.57. The summed E-state index contributed by atoms with van der Waals surface area (Å²) in [6.07, 6.45) is 4.38. The fourth-order valence-electron chi connectivity index (χ4n) is 2.99. The zero-order valence-corrected chi connectivity index (χ0v) is 14.4. The largest absolute Gasteiger partial charge is 0.508 e. The molecule has 1 saturated heterocycles. The first kappa shape index (κ1) is 16.8. The number of phenolic OH excluding ortho intramolecular Hbond substituents is 1. The number of likely N-dealkylation sites (tertiary alicyclic amines) is 1. The minimum atomic E-state index is 0.145. The number of hydrogen-bond acceptors (Lipinski definition) is 6. The van der Waals surface area contributed by atoms with Crippen LogP contribution in [-0.4, -0.2) is 54.5 Å². The molecule has 1 N–H and O–H groups in total. The Morgan fingerprint density at radius 3 is 2.88 bits per heavy atom. The highest BCUT2D eigenvalue weighted by atomic mass is 32.2. The van der Waals surface area contributed by atoms with Crippen molar-refractivity contribution in [1.82, 2.24) is 25.1 Å². The van der Waals surface area contributed by atoms with E-state index in [0.717, 1.165) is 31.5 Å². The van der Waals surface area contributed by atoms with Gasteiger partial charge in [-0.1, -0.05) is 18.7 Å². The van der Waals surface area contributed by atoms with Crippen LogP contribution in [0, 0.1) is 0 Å². The number of aromatic hydroxyl groups is 1. The van der Waals surface area contributed by atoms with Crippen LogP contribution >= 0.6 is 11.8 Å². The first-order valence-corrected chi connectivity index (χ1v) is 9.17. The Bertz CT molecular complexity index is 688. The Labute approximate surface area is 145 Å². The summed E-state index contributed by atoms with van der Waals surface area (Å²) in [7, 11) is 0. The summed E-state index contributed by atoms with van der Waals surface area (Å²) in [6, 6.07) is 6.98. The first-order chi connectivity index (χ1) is 11.7. The quantitative estimate of drug-likeness (QED) is 0.835. The lowest BCUT2D eigenvalue weighted by atomic mass is 10.0. The summed E-state index contributed by atoms with van der Waals surface area (Å²) in [5.41, 5.74) is 0.747. The summed E-state index contributed by atoms with van der Waals surface area (Å²) >= 11 is 1.34. The number of hydrogen-bond donors (Lipinski definition) is 1. The second-order valence-electron chi connectivity index (χ2n) is 5.82. The second kappa shape index (κ2) is 7.65. The molecular formula is C16H21N5O2S. The number of carbonyl (C=O) groups excluding carboxylic acids is 1.